The van der Waals surface area contributed by atoms with Gasteiger partial charge < -0.3 is 4.74 Å². The van der Waals surface area contributed by atoms with E-state index in [9.17, 15) is 14.4 Å². The van der Waals surface area contributed by atoms with Crippen molar-refractivity contribution in [2.45, 2.75) is 58.8 Å². The first-order valence-corrected chi connectivity index (χ1v) is 11.5. The highest BCUT2D eigenvalue weighted by Gasteiger charge is 2.50. The number of hydrogen-bond donors (Lipinski definition) is 0. The van der Waals surface area contributed by atoms with Gasteiger partial charge in [0.1, 0.15) is 5.75 Å². The largest absolute Gasteiger partial charge is 0.423 e. The predicted molar refractivity (Wildman–Crippen MR) is 124 cm³/mol. The molecule has 1 saturated heterocycles. The molecule has 0 spiro atoms. The molecule has 1 heterocycles. The van der Waals surface area contributed by atoms with E-state index in [-0.39, 0.29) is 29.1 Å². The summed E-state index contributed by atoms with van der Waals surface area (Å²) in [7, 11) is 0. The van der Waals surface area contributed by atoms with Crippen molar-refractivity contribution in [3.63, 3.8) is 0 Å². The van der Waals surface area contributed by atoms with Crippen LogP contribution in [0.5, 0.6) is 5.75 Å². The number of nitrogens with zero attached hydrogens (tertiary/aromatic N) is 1. The van der Waals surface area contributed by atoms with E-state index >= 15 is 0 Å². The minimum absolute atomic E-state index is 0.0562. The van der Waals surface area contributed by atoms with Gasteiger partial charge in [0, 0.05) is 0 Å². The molecule has 2 amide bonds. The van der Waals surface area contributed by atoms with E-state index in [1.54, 1.807) is 36.4 Å². The zero-order valence-corrected chi connectivity index (χ0v) is 19.3. The van der Waals surface area contributed by atoms with Crippen molar-refractivity contribution in [3.05, 3.63) is 59.7 Å². The second-order valence-corrected chi connectivity index (χ2v) is 9.84. The van der Waals surface area contributed by atoms with Crippen molar-refractivity contribution >= 4 is 23.5 Å². The lowest BCUT2D eigenvalue weighted by atomic mass is 9.76. The smallest absolute Gasteiger partial charge is 0.343 e. The fourth-order valence-corrected chi connectivity index (χ4v) is 4.76. The van der Waals surface area contributed by atoms with E-state index in [4.69, 9.17) is 4.74 Å². The summed E-state index contributed by atoms with van der Waals surface area (Å²) >= 11 is 0. The van der Waals surface area contributed by atoms with Crippen LogP contribution < -0.4 is 9.64 Å². The molecule has 0 unspecified atom stereocenters. The zero-order chi connectivity index (χ0) is 23.0. The third-order valence-corrected chi connectivity index (χ3v) is 7.26. The van der Waals surface area contributed by atoms with Gasteiger partial charge in [-0.25, -0.2) is 4.79 Å². The molecule has 1 saturated carbocycles. The van der Waals surface area contributed by atoms with E-state index in [0.29, 0.717) is 22.9 Å². The van der Waals surface area contributed by atoms with Crippen molar-refractivity contribution in [2.24, 2.45) is 17.8 Å². The van der Waals surface area contributed by atoms with E-state index in [0.717, 1.165) is 25.7 Å². The van der Waals surface area contributed by atoms with Gasteiger partial charge >= 0.3 is 5.97 Å². The number of imide groups is 1. The summed E-state index contributed by atoms with van der Waals surface area (Å²) in [5, 5.41) is 0. The molecule has 0 bridgehead atoms. The third kappa shape index (κ3) is 4.08. The van der Waals surface area contributed by atoms with Crippen molar-refractivity contribution in [2.75, 3.05) is 4.90 Å². The number of amides is 2. The van der Waals surface area contributed by atoms with Crippen LogP contribution in [-0.4, -0.2) is 17.8 Å². The summed E-state index contributed by atoms with van der Waals surface area (Å²) in [6.07, 6.45) is 3.47. The van der Waals surface area contributed by atoms with E-state index in [1.807, 2.05) is 12.1 Å². The number of carbonyl (C=O) groups is 3. The summed E-state index contributed by atoms with van der Waals surface area (Å²) in [5.74, 6) is -0.377. The Balaban J connectivity index is 1.51. The van der Waals surface area contributed by atoms with Crippen LogP contribution in [0.2, 0.25) is 0 Å². The Labute approximate surface area is 189 Å². The van der Waals surface area contributed by atoms with Crippen LogP contribution in [0.15, 0.2) is 48.5 Å². The second kappa shape index (κ2) is 8.53. The van der Waals surface area contributed by atoms with Gasteiger partial charge in [0.2, 0.25) is 11.8 Å². The second-order valence-electron chi connectivity index (χ2n) is 9.84. The molecule has 5 nitrogen and oxygen atoms in total. The average molecular weight is 434 g/mol. The highest BCUT2D eigenvalue weighted by atomic mass is 16.5. The molecule has 2 aromatic carbocycles. The molecule has 168 valence electrons. The highest BCUT2D eigenvalue weighted by Crippen LogP contribution is 2.42. The molecule has 4 rings (SSSR count). The number of anilines is 1. The molecular formula is C27H31NO4. The summed E-state index contributed by atoms with van der Waals surface area (Å²) in [6, 6.07) is 14.2. The zero-order valence-electron chi connectivity index (χ0n) is 19.3. The lowest BCUT2D eigenvalue weighted by molar-refractivity contribution is -0.122. The van der Waals surface area contributed by atoms with Gasteiger partial charge in [-0.05, 0) is 72.9 Å². The monoisotopic (exact) mass is 433 g/mol. The van der Waals surface area contributed by atoms with Crippen molar-refractivity contribution in [3.8, 4) is 5.75 Å². The lowest BCUT2D eigenvalue weighted by Gasteiger charge is -2.25. The van der Waals surface area contributed by atoms with Crippen molar-refractivity contribution in [1.82, 2.24) is 0 Å². The molecule has 0 aromatic heterocycles. The van der Waals surface area contributed by atoms with Crippen LogP contribution in [-0.2, 0) is 15.0 Å². The van der Waals surface area contributed by atoms with Gasteiger partial charge in [-0.3, -0.25) is 14.5 Å². The van der Waals surface area contributed by atoms with Gasteiger partial charge in [0.05, 0.1) is 23.1 Å². The Kier molecular flexibility index (Phi) is 5.93. The topological polar surface area (TPSA) is 63.7 Å². The molecule has 1 aliphatic carbocycles. The van der Waals surface area contributed by atoms with Gasteiger partial charge in [-0.15, -0.1) is 0 Å². The minimum atomic E-state index is -0.514. The Bertz CT molecular complexity index is 1040. The predicted octanol–water partition coefficient (Wildman–Crippen LogP) is 5.52. The number of esters is 1. The maximum atomic E-state index is 13.0. The molecule has 1 aliphatic heterocycles. The first-order chi connectivity index (χ1) is 15.2. The Hall–Kier alpha value is -2.95. The fraction of sp³-hybridized carbons (Fsp3) is 0.444. The quantitative estimate of drug-likeness (QED) is 0.354. The molecule has 5 heteroatoms. The van der Waals surface area contributed by atoms with E-state index < -0.39 is 5.97 Å². The molecule has 32 heavy (non-hydrogen) atoms. The molecule has 2 aromatic rings. The summed E-state index contributed by atoms with van der Waals surface area (Å²) in [4.78, 5) is 40.0. The van der Waals surface area contributed by atoms with Gasteiger partial charge in [0.15, 0.2) is 0 Å². The molecule has 0 radical (unpaired) electrons. The Morgan fingerprint density at radius 2 is 1.72 bits per heavy atom. The number of fused-ring (bicyclic) bond motifs is 1. The van der Waals surface area contributed by atoms with Crippen LogP contribution >= 0.6 is 0 Å². The van der Waals surface area contributed by atoms with Crippen LogP contribution in [0.3, 0.4) is 0 Å². The van der Waals surface area contributed by atoms with Crippen LogP contribution in [0.1, 0.15) is 69.3 Å². The molecule has 2 aliphatic rings. The highest BCUT2D eigenvalue weighted by molar-refractivity contribution is 6.22. The number of benzene rings is 2. The average Bonchev–Trinajstić information content (AvgIpc) is 3.03. The van der Waals surface area contributed by atoms with Crippen LogP contribution in [0.4, 0.5) is 5.69 Å². The van der Waals surface area contributed by atoms with Gasteiger partial charge in [0.25, 0.3) is 0 Å². The lowest BCUT2D eigenvalue weighted by Crippen LogP contribution is -2.31. The Morgan fingerprint density at radius 1 is 1.03 bits per heavy atom. The number of ether oxygens (including phenoxy) is 1. The maximum absolute atomic E-state index is 13.0. The number of rotatable bonds is 5. The SMILES string of the molecule is CCC(C)(C)c1ccc(OC(=O)c2cccc(N3C(=O)[C@@H]4CC[C@H](C)C[C@H]4C3=O)c2)cc1. The number of carbonyl (C=O) groups excluding carboxylic acids is 3. The normalized spacial score (nSPS) is 23.2. The van der Waals surface area contributed by atoms with E-state index in [1.165, 1.54) is 10.5 Å². The van der Waals surface area contributed by atoms with Crippen LogP contribution in [0, 0.1) is 17.8 Å². The maximum Gasteiger partial charge on any atom is 0.343 e. The van der Waals surface area contributed by atoms with Crippen LogP contribution in [0.25, 0.3) is 0 Å². The summed E-state index contributed by atoms with van der Waals surface area (Å²) < 4.78 is 5.55. The van der Waals surface area contributed by atoms with Gasteiger partial charge in [-0.2, -0.15) is 0 Å². The molecule has 3 atom stereocenters. The number of hydrogen-bond acceptors (Lipinski definition) is 4. The summed E-state index contributed by atoms with van der Waals surface area (Å²) in [5.41, 5.74) is 1.99. The first kappa shape index (κ1) is 22.3. The molecule has 0 N–H and O–H groups in total. The standard InChI is InChI=1S/C27H31NO4/c1-5-27(3,4)19-10-12-21(13-11-19)32-26(31)18-7-6-8-20(16-18)28-24(29)22-14-9-17(2)15-23(22)25(28)30/h6-8,10-13,16-17,22-23H,5,9,14-15H2,1-4H3/t17-,22+,23+/m0/s1. The van der Waals surface area contributed by atoms with E-state index in [2.05, 4.69) is 27.7 Å². The Morgan fingerprint density at radius 3 is 2.41 bits per heavy atom. The van der Waals surface area contributed by atoms with Crippen molar-refractivity contribution < 1.29 is 19.1 Å². The third-order valence-electron chi connectivity index (χ3n) is 7.26. The van der Waals surface area contributed by atoms with Crippen molar-refractivity contribution in [1.29, 1.82) is 0 Å². The first-order valence-electron chi connectivity index (χ1n) is 11.5. The molecular weight excluding hydrogens is 402 g/mol. The minimum Gasteiger partial charge on any atom is -0.423 e. The fourth-order valence-electron chi connectivity index (χ4n) is 4.76. The van der Waals surface area contributed by atoms with Gasteiger partial charge in [-0.1, -0.05) is 45.9 Å². The summed E-state index contributed by atoms with van der Waals surface area (Å²) in [6.45, 7) is 8.63. The molecule has 2 fully saturated rings.